The second kappa shape index (κ2) is 5.58. The topological polar surface area (TPSA) is 52.9 Å². The summed E-state index contributed by atoms with van der Waals surface area (Å²) in [6.07, 6.45) is 0. The largest absolute Gasteiger partial charge is 0.324 e. The fourth-order valence-electron chi connectivity index (χ4n) is 2.34. The highest BCUT2D eigenvalue weighted by Crippen LogP contribution is 2.39. The monoisotopic (exact) mass is 298 g/mol. The van der Waals surface area contributed by atoms with E-state index in [0.29, 0.717) is 5.75 Å². The molecule has 1 amide bonds. The van der Waals surface area contributed by atoms with Crippen molar-refractivity contribution < 1.29 is 9.18 Å². The van der Waals surface area contributed by atoms with Crippen LogP contribution in [0.15, 0.2) is 47.4 Å². The molecule has 0 bridgehead atoms. The number of fused-ring (bicyclic) bond motifs is 1. The Kier molecular flexibility index (Phi) is 3.63. The van der Waals surface area contributed by atoms with Gasteiger partial charge in [0.2, 0.25) is 5.91 Å². The molecule has 21 heavy (non-hydrogen) atoms. The molecule has 0 spiro atoms. The molecule has 1 aliphatic rings. The average Bonchev–Trinajstić information content (AvgIpc) is 2.91. The Labute approximate surface area is 125 Å². The maximum Gasteiger partial charge on any atom is 0.232 e. The number of rotatable bonds is 2. The molecule has 0 saturated heterocycles. The summed E-state index contributed by atoms with van der Waals surface area (Å²) in [5.74, 6) is -0.463. The van der Waals surface area contributed by atoms with E-state index in [2.05, 4.69) is 5.32 Å². The van der Waals surface area contributed by atoms with Crippen LogP contribution in [0.1, 0.15) is 17.0 Å². The first kappa shape index (κ1) is 13.7. The maximum absolute atomic E-state index is 13.5. The van der Waals surface area contributed by atoms with Crippen molar-refractivity contribution in [2.75, 3.05) is 11.1 Å². The summed E-state index contributed by atoms with van der Waals surface area (Å²) >= 11 is 1.63. The Morgan fingerprint density at radius 1 is 1.29 bits per heavy atom. The Bertz CT molecular complexity index is 754. The van der Waals surface area contributed by atoms with Crippen molar-refractivity contribution in [3.05, 3.63) is 59.4 Å². The SMILES string of the molecule is N#Cc1c(F)cccc1NC(=O)C1CSc2ccccc21. The fraction of sp³-hybridized carbons (Fsp3) is 0.125. The van der Waals surface area contributed by atoms with E-state index in [0.717, 1.165) is 10.5 Å². The summed E-state index contributed by atoms with van der Waals surface area (Å²) in [5.41, 5.74) is 1.07. The molecular weight excluding hydrogens is 287 g/mol. The standard InChI is InChI=1S/C16H11FN2OS/c17-13-5-3-6-14(11(13)8-18)19-16(20)12-9-21-15-7-2-1-4-10(12)15/h1-7,12H,9H2,(H,19,20). The van der Waals surface area contributed by atoms with Crippen LogP contribution in [0.4, 0.5) is 10.1 Å². The van der Waals surface area contributed by atoms with E-state index in [9.17, 15) is 9.18 Å². The number of nitrogens with one attached hydrogen (secondary N) is 1. The predicted octanol–water partition coefficient (Wildman–Crippen LogP) is 3.53. The molecule has 0 radical (unpaired) electrons. The van der Waals surface area contributed by atoms with Crippen molar-refractivity contribution in [3.8, 4) is 6.07 Å². The lowest BCUT2D eigenvalue weighted by Gasteiger charge is -2.12. The summed E-state index contributed by atoms with van der Waals surface area (Å²) in [4.78, 5) is 13.5. The lowest BCUT2D eigenvalue weighted by molar-refractivity contribution is -0.117. The van der Waals surface area contributed by atoms with Crippen LogP contribution >= 0.6 is 11.8 Å². The molecule has 2 aromatic rings. The van der Waals surface area contributed by atoms with Gasteiger partial charge in [0.15, 0.2) is 0 Å². The number of thioether (sulfide) groups is 1. The van der Waals surface area contributed by atoms with Gasteiger partial charge in [-0.2, -0.15) is 5.26 Å². The molecule has 1 aliphatic heterocycles. The molecule has 1 unspecified atom stereocenters. The van der Waals surface area contributed by atoms with Crippen molar-refractivity contribution in [1.29, 1.82) is 5.26 Å². The van der Waals surface area contributed by atoms with Crippen molar-refractivity contribution in [2.24, 2.45) is 0 Å². The quantitative estimate of drug-likeness (QED) is 0.923. The highest BCUT2D eigenvalue weighted by molar-refractivity contribution is 7.99. The number of hydrogen-bond acceptors (Lipinski definition) is 3. The zero-order valence-electron chi connectivity index (χ0n) is 11.0. The van der Waals surface area contributed by atoms with E-state index in [4.69, 9.17) is 5.26 Å². The molecular formula is C16H11FN2OS. The molecule has 3 nitrogen and oxygen atoms in total. The van der Waals surface area contributed by atoms with Gasteiger partial charge < -0.3 is 5.32 Å². The minimum atomic E-state index is -0.628. The molecule has 3 rings (SSSR count). The third-order valence-corrected chi connectivity index (χ3v) is 4.58. The van der Waals surface area contributed by atoms with E-state index in [-0.39, 0.29) is 23.1 Å². The van der Waals surface area contributed by atoms with Crippen LogP contribution in [0.3, 0.4) is 0 Å². The Morgan fingerprint density at radius 3 is 2.90 bits per heavy atom. The molecule has 0 saturated carbocycles. The number of benzene rings is 2. The first-order chi connectivity index (χ1) is 10.2. The molecule has 1 heterocycles. The predicted molar refractivity (Wildman–Crippen MR) is 79.7 cm³/mol. The van der Waals surface area contributed by atoms with Gasteiger partial charge in [0, 0.05) is 10.6 Å². The summed E-state index contributed by atoms with van der Waals surface area (Å²) in [6.45, 7) is 0. The number of carbonyl (C=O) groups is 1. The minimum Gasteiger partial charge on any atom is -0.324 e. The highest BCUT2D eigenvalue weighted by Gasteiger charge is 2.29. The van der Waals surface area contributed by atoms with Crippen LogP contribution in [-0.4, -0.2) is 11.7 Å². The summed E-state index contributed by atoms with van der Waals surface area (Å²) in [5, 5.41) is 11.7. The van der Waals surface area contributed by atoms with E-state index >= 15 is 0 Å². The van der Waals surface area contributed by atoms with Gasteiger partial charge in [-0.15, -0.1) is 11.8 Å². The average molecular weight is 298 g/mol. The molecule has 0 fully saturated rings. The number of amides is 1. The van der Waals surface area contributed by atoms with Gasteiger partial charge in [0.25, 0.3) is 0 Å². The van der Waals surface area contributed by atoms with Crippen LogP contribution in [0.25, 0.3) is 0 Å². The smallest absolute Gasteiger partial charge is 0.232 e. The molecule has 104 valence electrons. The van der Waals surface area contributed by atoms with E-state index in [1.807, 2.05) is 24.3 Å². The van der Waals surface area contributed by atoms with Crippen molar-refractivity contribution in [1.82, 2.24) is 0 Å². The van der Waals surface area contributed by atoms with Gasteiger partial charge in [0.1, 0.15) is 17.4 Å². The molecule has 0 aliphatic carbocycles. The van der Waals surface area contributed by atoms with Crippen molar-refractivity contribution >= 4 is 23.4 Å². The van der Waals surface area contributed by atoms with Crippen LogP contribution in [-0.2, 0) is 4.79 Å². The van der Waals surface area contributed by atoms with E-state index < -0.39 is 5.82 Å². The van der Waals surface area contributed by atoms with Crippen molar-refractivity contribution in [3.63, 3.8) is 0 Å². The number of anilines is 1. The number of carbonyl (C=O) groups excluding carboxylic acids is 1. The lowest BCUT2D eigenvalue weighted by Crippen LogP contribution is -2.21. The van der Waals surface area contributed by atoms with Crippen LogP contribution < -0.4 is 5.32 Å². The van der Waals surface area contributed by atoms with Gasteiger partial charge in [-0.1, -0.05) is 24.3 Å². The minimum absolute atomic E-state index is 0.134. The zero-order valence-corrected chi connectivity index (χ0v) is 11.8. The third kappa shape index (κ3) is 2.50. The normalized spacial score (nSPS) is 16.1. The number of hydrogen-bond donors (Lipinski definition) is 1. The Hall–Kier alpha value is -2.32. The third-order valence-electron chi connectivity index (χ3n) is 3.40. The van der Waals surface area contributed by atoms with Gasteiger partial charge >= 0.3 is 0 Å². The summed E-state index contributed by atoms with van der Waals surface area (Å²) in [7, 11) is 0. The summed E-state index contributed by atoms with van der Waals surface area (Å²) < 4.78 is 13.5. The Morgan fingerprint density at radius 2 is 2.10 bits per heavy atom. The van der Waals surface area contributed by atoms with Crippen LogP contribution in [0.5, 0.6) is 0 Å². The van der Waals surface area contributed by atoms with Gasteiger partial charge in [-0.3, -0.25) is 4.79 Å². The lowest BCUT2D eigenvalue weighted by atomic mass is 10.0. The fourth-order valence-corrected chi connectivity index (χ4v) is 3.57. The number of nitrogens with zero attached hydrogens (tertiary/aromatic N) is 1. The number of halogens is 1. The van der Waals surface area contributed by atoms with Gasteiger partial charge in [-0.25, -0.2) is 4.39 Å². The van der Waals surface area contributed by atoms with E-state index in [1.54, 1.807) is 17.8 Å². The van der Waals surface area contributed by atoms with Crippen molar-refractivity contribution in [2.45, 2.75) is 10.8 Å². The number of nitriles is 1. The zero-order chi connectivity index (χ0) is 14.8. The van der Waals surface area contributed by atoms with Crippen LogP contribution in [0.2, 0.25) is 0 Å². The van der Waals surface area contributed by atoms with Crippen LogP contribution in [0, 0.1) is 17.1 Å². The highest BCUT2D eigenvalue weighted by atomic mass is 32.2. The Balaban J connectivity index is 1.86. The second-order valence-corrected chi connectivity index (χ2v) is 5.73. The maximum atomic E-state index is 13.5. The van der Waals surface area contributed by atoms with Gasteiger partial charge in [-0.05, 0) is 23.8 Å². The summed E-state index contributed by atoms with van der Waals surface area (Å²) in [6, 6.07) is 13.7. The molecule has 1 N–H and O–H groups in total. The molecule has 0 aromatic heterocycles. The van der Waals surface area contributed by atoms with Gasteiger partial charge in [0.05, 0.1) is 11.6 Å². The first-order valence-electron chi connectivity index (χ1n) is 6.42. The molecule has 2 aromatic carbocycles. The molecule has 5 heteroatoms. The second-order valence-electron chi connectivity index (χ2n) is 4.66. The first-order valence-corrected chi connectivity index (χ1v) is 7.40. The van der Waals surface area contributed by atoms with E-state index in [1.165, 1.54) is 18.2 Å². The molecule has 1 atom stereocenters.